The number of hydrogen-bond donors (Lipinski definition) is 0. The van der Waals surface area contributed by atoms with Gasteiger partial charge in [0.25, 0.3) is 0 Å². The highest BCUT2D eigenvalue weighted by Crippen LogP contribution is 2.41. The molecule has 0 aromatic carbocycles. The predicted octanol–water partition coefficient (Wildman–Crippen LogP) is 3.07. The molecule has 2 rings (SSSR count). The van der Waals surface area contributed by atoms with Crippen LogP contribution in [0.3, 0.4) is 0 Å². The van der Waals surface area contributed by atoms with Crippen LogP contribution in [-0.2, 0) is 14.3 Å². The normalized spacial score (nSPS) is 27.8. The second-order valence-electron chi connectivity index (χ2n) is 5.30. The summed E-state index contributed by atoms with van der Waals surface area (Å²) in [6.45, 7) is 3.60. The Balaban J connectivity index is 1.88. The van der Waals surface area contributed by atoms with Crippen LogP contribution in [0.15, 0.2) is 0 Å². The van der Waals surface area contributed by atoms with E-state index in [1.807, 2.05) is 0 Å². The van der Waals surface area contributed by atoms with Crippen LogP contribution >= 0.6 is 0 Å². The molecule has 0 bridgehead atoms. The Morgan fingerprint density at radius 2 is 2.00 bits per heavy atom. The van der Waals surface area contributed by atoms with Gasteiger partial charge >= 0.3 is 0 Å². The third-order valence-corrected chi connectivity index (χ3v) is 4.02. The molecule has 1 atom stereocenters. The van der Waals surface area contributed by atoms with Crippen molar-refractivity contribution in [2.45, 2.75) is 64.1 Å². The molecule has 0 N–H and O–H groups in total. The van der Waals surface area contributed by atoms with Gasteiger partial charge in [-0.3, -0.25) is 4.79 Å². The predicted molar refractivity (Wildman–Crippen MR) is 65.7 cm³/mol. The van der Waals surface area contributed by atoms with Crippen molar-refractivity contribution in [2.75, 3.05) is 13.2 Å². The molecule has 0 aromatic rings. The van der Waals surface area contributed by atoms with Gasteiger partial charge in [0.1, 0.15) is 5.78 Å². The number of hydrogen-bond acceptors (Lipinski definition) is 3. The van der Waals surface area contributed by atoms with Gasteiger partial charge < -0.3 is 9.47 Å². The summed E-state index contributed by atoms with van der Waals surface area (Å²) in [6.07, 6.45) is 8.21. The number of ketones is 1. The lowest BCUT2D eigenvalue weighted by atomic mass is 9.91. The van der Waals surface area contributed by atoms with Crippen molar-refractivity contribution in [2.24, 2.45) is 5.92 Å². The standard InChI is InChI=1S/C14H24O3/c1-2-3-4-5-8-14(16-9-10-17-14)12-6-7-13(15)11-12/h12H,2-11H2,1H3. The lowest BCUT2D eigenvalue weighted by molar-refractivity contribution is -0.199. The molecule has 1 saturated heterocycles. The van der Waals surface area contributed by atoms with Crippen molar-refractivity contribution in [3.05, 3.63) is 0 Å². The third-order valence-electron chi connectivity index (χ3n) is 4.02. The SMILES string of the molecule is CCCCCCC1(C2CCC(=O)C2)OCCO1. The molecule has 0 radical (unpaired) electrons. The van der Waals surface area contributed by atoms with Crippen molar-refractivity contribution in [3.8, 4) is 0 Å². The van der Waals surface area contributed by atoms with Crippen LogP contribution in [0.25, 0.3) is 0 Å². The molecule has 2 fully saturated rings. The van der Waals surface area contributed by atoms with Gasteiger partial charge in [-0.25, -0.2) is 0 Å². The van der Waals surface area contributed by atoms with Crippen molar-refractivity contribution in [1.82, 2.24) is 0 Å². The molecule has 17 heavy (non-hydrogen) atoms. The number of ether oxygens (including phenoxy) is 2. The maximum Gasteiger partial charge on any atom is 0.171 e. The minimum absolute atomic E-state index is 0.305. The molecule has 0 amide bonds. The Labute approximate surface area is 104 Å². The molecule has 1 saturated carbocycles. The van der Waals surface area contributed by atoms with Crippen LogP contribution < -0.4 is 0 Å². The first-order valence-electron chi connectivity index (χ1n) is 7.06. The summed E-state index contributed by atoms with van der Waals surface area (Å²) < 4.78 is 11.8. The first-order chi connectivity index (χ1) is 8.27. The zero-order chi connectivity index (χ0) is 12.1. The van der Waals surface area contributed by atoms with E-state index in [9.17, 15) is 4.79 Å². The van der Waals surface area contributed by atoms with Crippen LogP contribution in [-0.4, -0.2) is 24.8 Å². The molecular weight excluding hydrogens is 216 g/mol. The van der Waals surface area contributed by atoms with E-state index >= 15 is 0 Å². The van der Waals surface area contributed by atoms with Crippen LogP contribution in [0.5, 0.6) is 0 Å². The number of rotatable bonds is 6. The van der Waals surface area contributed by atoms with E-state index < -0.39 is 5.79 Å². The maximum absolute atomic E-state index is 11.4. The summed E-state index contributed by atoms with van der Waals surface area (Å²) in [4.78, 5) is 11.4. The molecule has 2 aliphatic rings. The van der Waals surface area contributed by atoms with E-state index in [0.717, 1.165) is 19.3 Å². The second-order valence-corrected chi connectivity index (χ2v) is 5.30. The molecule has 3 nitrogen and oxygen atoms in total. The molecule has 98 valence electrons. The van der Waals surface area contributed by atoms with E-state index in [-0.39, 0.29) is 0 Å². The number of carbonyl (C=O) groups is 1. The lowest BCUT2D eigenvalue weighted by Gasteiger charge is -2.33. The van der Waals surface area contributed by atoms with Crippen LogP contribution in [0.4, 0.5) is 0 Å². The molecule has 1 heterocycles. The quantitative estimate of drug-likeness (QED) is 0.669. The Hall–Kier alpha value is -0.410. The molecule has 3 heteroatoms. The van der Waals surface area contributed by atoms with E-state index in [1.165, 1.54) is 19.3 Å². The number of carbonyl (C=O) groups excluding carboxylic acids is 1. The summed E-state index contributed by atoms with van der Waals surface area (Å²) in [6, 6.07) is 0. The Bertz CT molecular complexity index is 256. The minimum atomic E-state index is -0.417. The Morgan fingerprint density at radius 1 is 1.24 bits per heavy atom. The monoisotopic (exact) mass is 240 g/mol. The summed E-state index contributed by atoms with van der Waals surface area (Å²) in [5, 5.41) is 0. The van der Waals surface area contributed by atoms with Gasteiger partial charge in [0.15, 0.2) is 5.79 Å². The van der Waals surface area contributed by atoms with Crippen LogP contribution in [0, 0.1) is 5.92 Å². The molecule has 1 aliphatic heterocycles. The van der Waals surface area contributed by atoms with Gasteiger partial charge in [-0.1, -0.05) is 26.2 Å². The second kappa shape index (κ2) is 5.96. The first kappa shape index (κ1) is 13.0. The van der Waals surface area contributed by atoms with Gasteiger partial charge in [-0.15, -0.1) is 0 Å². The zero-order valence-electron chi connectivity index (χ0n) is 10.9. The van der Waals surface area contributed by atoms with Crippen LogP contribution in [0.2, 0.25) is 0 Å². The molecular formula is C14H24O3. The van der Waals surface area contributed by atoms with E-state index in [0.29, 0.717) is 37.8 Å². The molecule has 0 aromatic heterocycles. The van der Waals surface area contributed by atoms with Crippen molar-refractivity contribution in [1.29, 1.82) is 0 Å². The highest BCUT2D eigenvalue weighted by atomic mass is 16.7. The maximum atomic E-state index is 11.4. The average molecular weight is 240 g/mol. The largest absolute Gasteiger partial charge is 0.347 e. The fourth-order valence-electron chi connectivity index (χ4n) is 3.04. The highest BCUT2D eigenvalue weighted by Gasteiger charge is 2.46. The van der Waals surface area contributed by atoms with Gasteiger partial charge in [-0.2, -0.15) is 0 Å². The number of unbranched alkanes of at least 4 members (excludes halogenated alkanes) is 3. The zero-order valence-corrected chi connectivity index (χ0v) is 10.9. The average Bonchev–Trinajstić information content (AvgIpc) is 2.94. The molecule has 0 spiro atoms. The van der Waals surface area contributed by atoms with E-state index in [2.05, 4.69) is 6.92 Å². The lowest BCUT2D eigenvalue weighted by Crippen LogP contribution is -2.38. The fourth-order valence-corrected chi connectivity index (χ4v) is 3.04. The minimum Gasteiger partial charge on any atom is -0.347 e. The number of Topliss-reactive ketones (excluding diaryl/α,β-unsaturated/α-hetero) is 1. The van der Waals surface area contributed by atoms with Crippen molar-refractivity contribution >= 4 is 5.78 Å². The fraction of sp³-hybridized carbons (Fsp3) is 0.929. The van der Waals surface area contributed by atoms with E-state index in [1.54, 1.807) is 0 Å². The molecule has 1 unspecified atom stereocenters. The van der Waals surface area contributed by atoms with Crippen LogP contribution in [0.1, 0.15) is 58.3 Å². The summed E-state index contributed by atoms with van der Waals surface area (Å²) in [5.41, 5.74) is 0. The first-order valence-corrected chi connectivity index (χ1v) is 7.06. The molecule has 1 aliphatic carbocycles. The van der Waals surface area contributed by atoms with E-state index in [4.69, 9.17) is 9.47 Å². The van der Waals surface area contributed by atoms with Gasteiger partial charge in [0.05, 0.1) is 13.2 Å². The third kappa shape index (κ3) is 3.08. The Kier molecular flexibility index (Phi) is 4.57. The van der Waals surface area contributed by atoms with Crippen molar-refractivity contribution in [3.63, 3.8) is 0 Å². The topological polar surface area (TPSA) is 35.5 Å². The van der Waals surface area contributed by atoms with Crippen molar-refractivity contribution < 1.29 is 14.3 Å². The summed E-state index contributed by atoms with van der Waals surface area (Å²) in [5.74, 6) is 0.265. The summed E-state index contributed by atoms with van der Waals surface area (Å²) in [7, 11) is 0. The summed E-state index contributed by atoms with van der Waals surface area (Å²) >= 11 is 0. The highest BCUT2D eigenvalue weighted by molar-refractivity contribution is 5.80. The van der Waals surface area contributed by atoms with Gasteiger partial charge in [0, 0.05) is 25.2 Å². The smallest absolute Gasteiger partial charge is 0.171 e. The Morgan fingerprint density at radius 3 is 2.59 bits per heavy atom. The van der Waals surface area contributed by atoms with Gasteiger partial charge in [-0.05, 0) is 12.8 Å². The van der Waals surface area contributed by atoms with Gasteiger partial charge in [0.2, 0.25) is 0 Å².